The standard InChI is InChI=1S/C8H6F3N3O/c1-4-5(3-12)6(13)2-7(14-4)15-8(9,10)11/h2H,1H3,(H2,13,14). The van der Waals surface area contributed by atoms with E-state index in [1.165, 1.54) is 6.92 Å². The predicted molar refractivity (Wildman–Crippen MR) is 44.8 cm³/mol. The molecule has 15 heavy (non-hydrogen) atoms. The number of hydrogen-bond donors (Lipinski definition) is 1. The molecule has 2 N–H and O–H groups in total. The number of halogens is 3. The van der Waals surface area contributed by atoms with E-state index in [9.17, 15) is 13.2 Å². The number of nitriles is 1. The number of anilines is 1. The number of aromatic nitrogens is 1. The lowest BCUT2D eigenvalue weighted by atomic mass is 10.2. The van der Waals surface area contributed by atoms with Crippen molar-refractivity contribution in [2.75, 3.05) is 5.73 Å². The first-order valence-electron chi connectivity index (χ1n) is 3.76. The van der Waals surface area contributed by atoms with E-state index in [4.69, 9.17) is 11.0 Å². The number of pyridine rings is 1. The van der Waals surface area contributed by atoms with Gasteiger partial charge in [0.1, 0.15) is 6.07 Å². The molecule has 7 heteroatoms. The average molecular weight is 217 g/mol. The Balaban J connectivity index is 3.11. The summed E-state index contributed by atoms with van der Waals surface area (Å²) in [5, 5.41) is 8.59. The monoisotopic (exact) mass is 217 g/mol. The van der Waals surface area contributed by atoms with Gasteiger partial charge < -0.3 is 10.5 Å². The summed E-state index contributed by atoms with van der Waals surface area (Å²) < 4.78 is 39.0. The highest BCUT2D eigenvalue weighted by Crippen LogP contribution is 2.25. The Kier molecular flexibility index (Phi) is 2.70. The highest BCUT2D eigenvalue weighted by Gasteiger charge is 2.32. The summed E-state index contributed by atoms with van der Waals surface area (Å²) in [6, 6.07) is 2.59. The first-order valence-corrected chi connectivity index (χ1v) is 3.76. The number of hydrogen-bond acceptors (Lipinski definition) is 4. The van der Waals surface area contributed by atoms with Gasteiger partial charge in [-0.3, -0.25) is 0 Å². The van der Waals surface area contributed by atoms with Gasteiger partial charge >= 0.3 is 6.36 Å². The third kappa shape index (κ3) is 2.74. The van der Waals surface area contributed by atoms with Crippen LogP contribution in [0.4, 0.5) is 18.9 Å². The minimum Gasteiger partial charge on any atom is -0.397 e. The molecule has 1 aromatic rings. The van der Waals surface area contributed by atoms with E-state index in [-0.39, 0.29) is 16.9 Å². The maximum Gasteiger partial charge on any atom is 0.574 e. The van der Waals surface area contributed by atoms with E-state index in [0.29, 0.717) is 0 Å². The number of alkyl halides is 3. The molecule has 0 amide bonds. The van der Waals surface area contributed by atoms with E-state index in [1.54, 1.807) is 6.07 Å². The largest absolute Gasteiger partial charge is 0.574 e. The summed E-state index contributed by atoms with van der Waals surface area (Å²) in [7, 11) is 0. The number of ether oxygens (including phenoxy) is 1. The summed E-state index contributed by atoms with van der Waals surface area (Å²) in [6.45, 7) is 1.37. The molecule has 4 nitrogen and oxygen atoms in total. The van der Waals surface area contributed by atoms with Crippen molar-refractivity contribution < 1.29 is 17.9 Å². The number of nitrogens with zero attached hydrogens (tertiary/aromatic N) is 2. The summed E-state index contributed by atoms with van der Waals surface area (Å²) in [4.78, 5) is 3.45. The lowest BCUT2D eigenvalue weighted by Crippen LogP contribution is -2.18. The van der Waals surface area contributed by atoms with E-state index >= 15 is 0 Å². The Morgan fingerprint density at radius 1 is 1.53 bits per heavy atom. The Morgan fingerprint density at radius 2 is 2.13 bits per heavy atom. The van der Waals surface area contributed by atoms with Gasteiger partial charge in [-0.05, 0) is 6.92 Å². The van der Waals surface area contributed by atoms with Crippen molar-refractivity contribution in [2.45, 2.75) is 13.3 Å². The van der Waals surface area contributed by atoms with E-state index in [1.807, 2.05) is 0 Å². The number of aryl methyl sites for hydroxylation is 1. The van der Waals surface area contributed by atoms with Gasteiger partial charge in [0.25, 0.3) is 0 Å². The van der Waals surface area contributed by atoms with Crippen molar-refractivity contribution in [3.63, 3.8) is 0 Å². The molecule has 0 atom stereocenters. The molecule has 0 fully saturated rings. The van der Waals surface area contributed by atoms with Crippen LogP contribution in [0.15, 0.2) is 6.07 Å². The van der Waals surface area contributed by atoms with Gasteiger partial charge in [-0.25, -0.2) is 4.98 Å². The maximum atomic E-state index is 11.8. The normalized spacial score (nSPS) is 10.9. The van der Waals surface area contributed by atoms with Crippen LogP contribution in [0.25, 0.3) is 0 Å². The number of rotatable bonds is 1. The van der Waals surface area contributed by atoms with Crippen LogP contribution in [-0.4, -0.2) is 11.3 Å². The molecule has 0 spiro atoms. The molecule has 0 aliphatic heterocycles. The van der Waals surface area contributed by atoms with Crippen LogP contribution in [0.1, 0.15) is 11.3 Å². The summed E-state index contributed by atoms with van der Waals surface area (Å²) in [5.74, 6) is -0.670. The molecular formula is C8H6F3N3O. The minimum absolute atomic E-state index is 0.0459. The van der Waals surface area contributed by atoms with Gasteiger partial charge in [0.05, 0.1) is 16.9 Å². The van der Waals surface area contributed by atoms with Crippen LogP contribution < -0.4 is 10.5 Å². The van der Waals surface area contributed by atoms with Gasteiger partial charge in [0, 0.05) is 6.07 Å². The minimum atomic E-state index is -4.82. The second kappa shape index (κ2) is 3.65. The fraction of sp³-hybridized carbons (Fsp3) is 0.250. The SMILES string of the molecule is Cc1nc(OC(F)(F)F)cc(N)c1C#N. The van der Waals surface area contributed by atoms with Gasteiger partial charge in [-0.15, -0.1) is 13.2 Å². The molecule has 0 radical (unpaired) electrons. The summed E-state index contributed by atoms with van der Waals surface area (Å²) >= 11 is 0. The smallest absolute Gasteiger partial charge is 0.397 e. The van der Waals surface area contributed by atoms with Crippen molar-refractivity contribution >= 4 is 5.69 Å². The number of nitrogen functional groups attached to an aromatic ring is 1. The molecule has 80 valence electrons. The fourth-order valence-corrected chi connectivity index (χ4v) is 0.984. The van der Waals surface area contributed by atoms with Crippen molar-refractivity contribution in [3.8, 4) is 11.9 Å². The second-order valence-corrected chi connectivity index (χ2v) is 2.67. The van der Waals surface area contributed by atoms with Crippen molar-refractivity contribution in [1.82, 2.24) is 4.98 Å². The van der Waals surface area contributed by atoms with E-state index < -0.39 is 12.2 Å². The molecule has 1 aromatic heterocycles. The van der Waals surface area contributed by atoms with Crippen molar-refractivity contribution in [2.24, 2.45) is 0 Å². The average Bonchev–Trinajstić information content (AvgIpc) is 1.99. The van der Waals surface area contributed by atoms with Crippen LogP contribution in [0.3, 0.4) is 0 Å². The first kappa shape index (κ1) is 11.1. The Bertz CT molecular complexity index is 399. The van der Waals surface area contributed by atoms with Gasteiger partial charge in [0.15, 0.2) is 0 Å². The third-order valence-corrected chi connectivity index (χ3v) is 1.54. The lowest BCUT2D eigenvalue weighted by molar-refractivity contribution is -0.276. The molecule has 0 unspecified atom stereocenters. The fourth-order valence-electron chi connectivity index (χ4n) is 0.984. The van der Waals surface area contributed by atoms with E-state index in [2.05, 4.69) is 9.72 Å². The highest BCUT2D eigenvalue weighted by molar-refractivity contribution is 5.57. The van der Waals surface area contributed by atoms with Gasteiger partial charge in [-0.1, -0.05) is 0 Å². The molecular weight excluding hydrogens is 211 g/mol. The molecule has 1 rings (SSSR count). The third-order valence-electron chi connectivity index (χ3n) is 1.54. The van der Waals surface area contributed by atoms with Crippen LogP contribution in [0, 0.1) is 18.3 Å². The van der Waals surface area contributed by atoms with Gasteiger partial charge in [-0.2, -0.15) is 5.26 Å². The molecule has 0 aliphatic carbocycles. The second-order valence-electron chi connectivity index (χ2n) is 2.67. The predicted octanol–water partition coefficient (Wildman–Crippen LogP) is 1.74. The molecule has 0 saturated heterocycles. The molecule has 0 bridgehead atoms. The van der Waals surface area contributed by atoms with Crippen LogP contribution in [-0.2, 0) is 0 Å². The number of nitrogens with two attached hydrogens (primary N) is 1. The topological polar surface area (TPSA) is 71.9 Å². The zero-order valence-electron chi connectivity index (χ0n) is 7.59. The zero-order chi connectivity index (χ0) is 11.6. The quantitative estimate of drug-likeness (QED) is 0.777. The molecule has 0 aromatic carbocycles. The van der Waals surface area contributed by atoms with Crippen LogP contribution >= 0.6 is 0 Å². The van der Waals surface area contributed by atoms with Crippen molar-refractivity contribution in [3.05, 3.63) is 17.3 Å². The Labute approximate surface area is 83.1 Å². The zero-order valence-corrected chi connectivity index (χ0v) is 7.59. The van der Waals surface area contributed by atoms with E-state index in [0.717, 1.165) is 6.07 Å². The molecule has 0 saturated carbocycles. The maximum absolute atomic E-state index is 11.8. The Hall–Kier alpha value is -1.97. The van der Waals surface area contributed by atoms with Crippen molar-refractivity contribution in [1.29, 1.82) is 5.26 Å². The Morgan fingerprint density at radius 3 is 2.53 bits per heavy atom. The molecule has 0 aliphatic rings. The summed E-state index contributed by atoms with van der Waals surface area (Å²) in [6.07, 6.45) is -4.82. The lowest BCUT2D eigenvalue weighted by Gasteiger charge is -2.09. The molecule has 1 heterocycles. The van der Waals surface area contributed by atoms with Crippen LogP contribution in [0.2, 0.25) is 0 Å². The first-order chi connectivity index (χ1) is 6.83. The summed E-state index contributed by atoms with van der Waals surface area (Å²) in [5.41, 5.74) is 5.39. The van der Waals surface area contributed by atoms with Gasteiger partial charge in [0.2, 0.25) is 5.88 Å². The highest BCUT2D eigenvalue weighted by atomic mass is 19.4. The van der Waals surface area contributed by atoms with Crippen LogP contribution in [0.5, 0.6) is 5.88 Å².